The standard InChI is InChI=1S/Hf.2O.Ti/q+4;2*-2;. The Kier molecular flexibility index (Phi) is 302. The molecule has 0 aromatic rings. The molecule has 0 spiro atoms. The van der Waals surface area contributed by atoms with Gasteiger partial charge in [-0.1, -0.05) is 0 Å². The van der Waals surface area contributed by atoms with E-state index in [-0.39, 0.29) is 58.5 Å². The summed E-state index contributed by atoms with van der Waals surface area (Å²) in [5, 5.41) is 0. The SMILES string of the molecule is [Hf+4].[O-2].[O-2].[Ti]. The summed E-state index contributed by atoms with van der Waals surface area (Å²) in [5.41, 5.74) is 0. The minimum absolute atomic E-state index is 0. The molecule has 0 unspecified atom stereocenters. The van der Waals surface area contributed by atoms with Crippen LogP contribution < -0.4 is 0 Å². The van der Waals surface area contributed by atoms with Crippen molar-refractivity contribution in [2.24, 2.45) is 0 Å². The van der Waals surface area contributed by atoms with Crippen molar-refractivity contribution in [3.05, 3.63) is 0 Å². The second-order valence-corrected chi connectivity index (χ2v) is 0. The van der Waals surface area contributed by atoms with Crippen LogP contribution in [0.5, 0.6) is 0 Å². The van der Waals surface area contributed by atoms with Crippen LogP contribution >= 0.6 is 0 Å². The maximum Gasteiger partial charge on any atom is 4.00 e. The van der Waals surface area contributed by atoms with Gasteiger partial charge in [0.2, 0.25) is 0 Å². The zero-order valence-corrected chi connectivity index (χ0v) is 6.97. The third kappa shape index (κ3) is 9.71. The molecule has 0 amide bonds. The zero-order valence-electron chi connectivity index (χ0n) is 1.82. The van der Waals surface area contributed by atoms with E-state index >= 15 is 0 Å². The fourth-order valence-electron chi connectivity index (χ4n) is 0. The molecule has 0 saturated carbocycles. The largest absolute Gasteiger partial charge is 4.00 e. The molecule has 0 fully saturated rings. The maximum absolute atomic E-state index is 0. The van der Waals surface area contributed by atoms with E-state index < -0.39 is 0 Å². The summed E-state index contributed by atoms with van der Waals surface area (Å²) in [6.45, 7) is 0. The maximum atomic E-state index is 0. The van der Waals surface area contributed by atoms with E-state index in [1.54, 1.807) is 0 Å². The average molecular weight is 258 g/mol. The molecular weight excluding hydrogens is 258 g/mol. The van der Waals surface area contributed by atoms with Crippen molar-refractivity contribution in [2.75, 3.05) is 0 Å². The van der Waals surface area contributed by atoms with Crippen molar-refractivity contribution in [3.8, 4) is 0 Å². The van der Waals surface area contributed by atoms with Gasteiger partial charge in [-0.15, -0.1) is 0 Å². The summed E-state index contributed by atoms with van der Waals surface area (Å²) in [6.07, 6.45) is 0. The molecule has 0 heterocycles. The molecule has 0 bridgehead atoms. The quantitative estimate of drug-likeness (QED) is 0.538. The van der Waals surface area contributed by atoms with E-state index in [0.29, 0.717) is 0 Å². The molecule has 0 saturated heterocycles. The molecule has 4 heteroatoms. The van der Waals surface area contributed by atoms with Crippen molar-refractivity contribution < 1.29 is 58.5 Å². The summed E-state index contributed by atoms with van der Waals surface area (Å²) in [5.74, 6) is 0. The molecule has 0 aliphatic rings. The fraction of sp³-hybridized carbons (Fsp3) is 0. The van der Waals surface area contributed by atoms with E-state index in [1.807, 2.05) is 0 Å². The molecule has 0 rings (SSSR count). The molecule has 0 aromatic carbocycles. The molecule has 20 valence electrons. The monoisotopic (exact) mass is 260 g/mol. The van der Waals surface area contributed by atoms with Gasteiger partial charge < -0.3 is 11.0 Å². The third-order valence-corrected chi connectivity index (χ3v) is 0. The van der Waals surface area contributed by atoms with E-state index in [4.69, 9.17) is 0 Å². The average Bonchev–Trinajstić information content (AvgIpc) is 0. The molecule has 2 nitrogen and oxygen atoms in total. The van der Waals surface area contributed by atoms with Crippen LogP contribution in [0.4, 0.5) is 0 Å². The second-order valence-electron chi connectivity index (χ2n) is 0. The van der Waals surface area contributed by atoms with Crippen molar-refractivity contribution in [2.45, 2.75) is 0 Å². The first-order valence-corrected chi connectivity index (χ1v) is 0. The molecule has 0 N–H and O–H groups in total. The van der Waals surface area contributed by atoms with Gasteiger partial charge in [-0.2, -0.15) is 0 Å². The zero-order chi connectivity index (χ0) is 0. The molecule has 0 aliphatic carbocycles. The molecule has 0 radical (unpaired) electrons. The van der Waals surface area contributed by atoms with Gasteiger partial charge in [0.25, 0.3) is 0 Å². The molecule has 0 aliphatic heterocycles. The van der Waals surface area contributed by atoms with Gasteiger partial charge in [-0.3, -0.25) is 0 Å². The van der Waals surface area contributed by atoms with Crippen LogP contribution in [0, 0.1) is 0 Å². The Morgan fingerprint density at radius 1 is 0.750 bits per heavy atom. The third-order valence-electron chi connectivity index (χ3n) is 0. The summed E-state index contributed by atoms with van der Waals surface area (Å²) in [6, 6.07) is 0. The van der Waals surface area contributed by atoms with Crippen LogP contribution in [0.3, 0.4) is 0 Å². The molecule has 4 heavy (non-hydrogen) atoms. The van der Waals surface area contributed by atoms with Gasteiger partial charge in [-0.05, 0) is 0 Å². The van der Waals surface area contributed by atoms with E-state index in [1.165, 1.54) is 0 Å². The molecule has 0 aromatic heterocycles. The van der Waals surface area contributed by atoms with Gasteiger partial charge in [0, 0.05) is 21.7 Å². The van der Waals surface area contributed by atoms with E-state index in [0.717, 1.165) is 0 Å². The topological polar surface area (TPSA) is 57.0 Å². The van der Waals surface area contributed by atoms with Crippen molar-refractivity contribution in [3.63, 3.8) is 0 Å². The molecular formula is HfO2Ti. The Labute approximate surface area is 58.2 Å². The Morgan fingerprint density at radius 3 is 0.750 bits per heavy atom. The second kappa shape index (κ2) is 24.4. The first-order chi connectivity index (χ1) is 0. The Bertz CT molecular complexity index is 6.00. The van der Waals surface area contributed by atoms with Crippen molar-refractivity contribution in [1.82, 2.24) is 0 Å². The van der Waals surface area contributed by atoms with Crippen LogP contribution in [-0.4, -0.2) is 0 Å². The smallest absolute Gasteiger partial charge is 2.00 e. The number of hydrogen-bond acceptors (Lipinski definition) is 0. The van der Waals surface area contributed by atoms with Crippen molar-refractivity contribution in [1.29, 1.82) is 0 Å². The Hall–Kier alpha value is 1.50. The Balaban J connectivity index is 0. The van der Waals surface area contributed by atoms with Gasteiger partial charge in [-0.25, -0.2) is 0 Å². The minimum atomic E-state index is 0. The van der Waals surface area contributed by atoms with Crippen LogP contribution in [0.1, 0.15) is 0 Å². The Morgan fingerprint density at radius 2 is 0.750 bits per heavy atom. The summed E-state index contributed by atoms with van der Waals surface area (Å²) in [4.78, 5) is 0. The predicted molar refractivity (Wildman–Crippen MR) is 1.37 cm³/mol. The van der Waals surface area contributed by atoms with Crippen LogP contribution in [-0.2, 0) is 58.5 Å². The van der Waals surface area contributed by atoms with Crippen molar-refractivity contribution >= 4 is 0 Å². The molecule has 0 atom stereocenters. The summed E-state index contributed by atoms with van der Waals surface area (Å²) >= 11 is 0. The van der Waals surface area contributed by atoms with Crippen LogP contribution in [0.2, 0.25) is 0 Å². The van der Waals surface area contributed by atoms with E-state index in [2.05, 4.69) is 0 Å². The number of hydrogen-bond donors (Lipinski definition) is 0. The van der Waals surface area contributed by atoms with Gasteiger partial charge in [0.1, 0.15) is 0 Å². The van der Waals surface area contributed by atoms with Crippen LogP contribution in [0.25, 0.3) is 0 Å². The van der Waals surface area contributed by atoms with Crippen LogP contribution in [0.15, 0.2) is 0 Å². The van der Waals surface area contributed by atoms with Gasteiger partial charge in [0.15, 0.2) is 0 Å². The normalized spacial score (nSPS) is 0. The fourth-order valence-corrected chi connectivity index (χ4v) is 0. The van der Waals surface area contributed by atoms with E-state index in [9.17, 15) is 0 Å². The summed E-state index contributed by atoms with van der Waals surface area (Å²) < 4.78 is 0. The first-order valence-electron chi connectivity index (χ1n) is 0. The van der Waals surface area contributed by atoms with Gasteiger partial charge >= 0.3 is 25.8 Å². The number of rotatable bonds is 0. The van der Waals surface area contributed by atoms with Gasteiger partial charge in [0.05, 0.1) is 0 Å². The minimum Gasteiger partial charge on any atom is -2.00 e. The predicted octanol–water partition coefficient (Wildman–Crippen LogP) is -0.243. The summed E-state index contributed by atoms with van der Waals surface area (Å²) in [7, 11) is 0. The first kappa shape index (κ1) is 49.3.